The van der Waals surface area contributed by atoms with Crippen molar-refractivity contribution in [2.24, 2.45) is 0 Å². The normalized spacial score (nSPS) is 12.9. The number of hydrogen-bond donors (Lipinski definition) is 0. The van der Waals surface area contributed by atoms with Gasteiger partial charge in [-0.2, -0.15) is 0 Å². The summed E-state index contributed by atoms with van der Waals surface area (Å²) in [6.07, 6.45) is 0.998. The highest BCUT2D eigenvalue weighted by Gasteiger charge is 2.29. The molecule has 1 aromatic heterocycles. The van der Waals surface area contributed by atoms with E-state index in [1.165, 1.54) is 76.4 Å². The van der Waals surface area contributed by atoms with E-state index in [2.05, 4.69) is 109 Å². The highest BCUT2D eigenvalue weighted by molar-refractivity contribution is 6.32. The van der Waals surface area contributed by atoms with E-state index in [-0.39, 0.29) is 0 Å². The molecule has 0 N–H and O–H groups in total. The lowest BCUT2D eigenvalue weighted by Crippen LogP contribution is -1.96. The van der Waals surface area contributed by atoms with E-state index in [1.807, 2.05) is 0 Å². The summed E-state index contributed by atoms with van der Waals surface area (Å²) in [5.41, 5.74) is 8.55. The molecule has 1 aliphatic rings. The van der Waals surface area contributed by atoms with E-state index in [1.54, 1.807) is 0 Å². The molecular weight excluding hydrogens is 410 g/mol. The third kappa shape index (κ3) is 2.15. The molecule has 7 aromatic rings. The van der Waals surface area contributed by atoms with Crippen LogP contribution >= 0.6 is 0 Å². The fraction of sp³-hybridized carbons (Fsp3) is 0.0909. The first kappa shape index (κ1) is 18.3. The van der Waals surface area contributed by atoms with Crippen molar-refractivity contribution >= 4 is 54.1 Å². The van der Waals surface area contributed by atoms with Crippen LogP contribution in [0.25, 0.3) is 65.3 Å². The van der Waals surface area contributed by atoms with Gasteiger partial charge in [-0.3, -0.25) is 0 Å². The molecule has 0 atom stereocenters. The molecule has 0 aliphatic heterocycles. The molecule has 34 heavy (non-hydrogen) atoms. The van der Waals surface area contributed by atoms with Gasteiger partial charge in [0.1, 0.15) is 0 Å². The second-order valence-corrected chi connectivity index (χ2v) is 9.55. The molecule has 0 fully saturated rings. The van der Waals surface area contributed by atoms with Gasteiger partial charge in [-0.1, -0.05) is 91.0 Å². The van der Waals surface area contributed by atoms with Gasteiger partial charge in [0.25, 0.3) is 0 Å². The molecule has 1 heteroatoms. The Labute approximate surface area is 197 Å². The summed E-state index contributed by atoms with van der Waals surface area (Å²) < 4.78 is 2.57. The molecule has 1 heterocycles. The number of aryl methyl sites for hydroxylation is 1. The van der Waals surface area contributed by atoms with Crippen LogP contribution in [0.3, 0.4) is 0 Å². The largest absolute Gasteiger partial charge is 0.340 e. The Balaban J connectivity index is 1.72. The molecule has 0 bridgehead atoms. The van der Waals surface area contributed by atoms with Crippen LogP contribution in [0.1, 0.15) is 18.1 Å². The quantitative estimate of drug-likeness (QED) is 0.244. The van der Waals surface area contributed by atoms with Crippen molar-refractivity contribution in [1.29, 1.82) is 0 Å². The smallest absolute Gasteiger partial charge is 0.0580 e. The molecule has 160 valence electrons. The number of hydrogen-bond acceptors (Lipinski definition) is 0. The van der Waals surface area contributed by atoms with Crippen LogP contribution in [0.2, 0.25) is 0 Å². The zero-order valence-electron chi connectivity index (χ0n) is 19.1. The lowest BCUT2D eigenvalue weighted by atomic mass is 9.91. The molecule has 0 radical (unpaired) electrons. The van der Waals surface area contributed by atoms with Crippen molar-refractivity contribution in [1.82, 2.24) is 4.57 Å². The summed E-state index contributed by atoms with van der Waals surface area (Å²) in [6, 6.07) is 36.1. The van der Waals surface area contributed by atoms with Crippen molar-refractivity contribution in [3.05, 3.63) is 108 Å². The average Bonchev–Trinajstić information content (AvgIpc) is 3.45. The first-order valence-electron chi connectivity index (χ1n) is 12.2. The zero-order valence-corrected chi connectivity index (χ0v) is 19.1. The maximum absolute atomic E-state index is 2.57. The standard InChI is InChI=1S/C33H23N/c1-2-34-28-18-17-21-10-4-6-12-24(21)30(28)31-26-14-8-7-13-25(26)27-19-22-16-15-20-9-3-5-11-23(20)29(22)32(27)33(31)34/h3-18H,2,19H2,1H3. The van der Waals surface area contributed by atoms with Gasteiger partial charge in [-0.15, -0.1) is 0 Å². The van der Waals surface area contributed by atoms with E-state index in [0.717, 1.165) is 13.0 Å². The van der Waals surface area contributed by atoms with E-state index >= 15 is 0 Å². The second kappa shape index (κ2) is 6.48. The minimum atomic E-state index is 0.948. The third-order valence-corrected chi connectivity index (χ3v) is 7.96. The Morgan fingerprint density at radius 1 is 0.588 bits per heavy atom. The van der Waals surface area contributed by atoms with Gasteiger partial charge in [0.2, 0.25) is 0 Å². The maximum Gasteiger partial charge on any atom is 0.0580 e. The predicted molar refractivity (Wildman–Crippen MR) is 146 cm³/mol. The molecule has 0 amide bonds. The predicted octanol–water partition coefficient (Wildman–Crippen LogP) is 8.85. The van der Waals surface area contributed by atoms with E-state index in [4.69, 9.17) is 0 Å². The summed E-state index contributed by atoms with van der Waals surface area (Å²) in [4.78, 5) is 0. The monoisotopic (exact) mass is 433 g/mol. The van der Waals surface area contributed by atoms with Crippen LogP contribution in [-0.2, 0) is 13.0 Å². The SMILES string of the molecule is CCn1c2ccc3ccccc3c2c2c3ccccc3c3c(c21)-c1c(ccc2ccccc12)C3. The molecule has 0 saturated heterocycles. The molecular formula is C33H23N. The molecule has 0 spiro atoms. The van der Waals surface area contributed by atoms with E-state index in [0.29, 0.717) is 0 Å². The minimum absolute atomic E-state index is 0.948. The van der Waals surface area contributed by atoms with Crippen LogP contribution in [-0.4, -0.2) is 4.57 Å². The Morgan fingerprint density at radius 3 is 2.03 bits per heavy atom. The Kier molecular flexibility index (Phi) is 3.50. The number of fused-ring (bicyclic) bond motifs is 14. The topological polar surface area (TPSA) is 4.93 Å². The Morgan fingerprint density at radius 2 is 1.24 bits per heavy atom. The highest BCUT2D eigenvalue weighted by atomic mass is 15.0. The minimum Gasteiger partial charge on any atom is -0.340 e. The summed E-state index contributed by atoms with van der Waals surface area (Å²) in [7, 11) is 0. The maximum atomic E-state index is 2.57. The Bertz CT molecular complexity index is 1970. The van der Waals surface area contributed by atoms with Gasteiger partial charge in [-0.05, 0) is 68.4 Å². The van der Waals surface area contributed by atoms with Crippen LogP contribution in [0.15, 0.2) is 97.1 Å². The lowest BCUT2D eigenvalue weighted by molar-refractivity contribution is 0.828. The van der Waals surface area contributed by atoms with Crippen LogP contribution < -0.4 is 0 Å². The summed E-state index contributed by atoms with van der Waals surface area (Å²) >= 11 is 0. The van der Waals surface area contributed by atoms with Crippen molar-refractivity contribution in [3.8, 4) is 11.1 Å². The van der Waals surface area contributed by atoms with Gasteiger partial charge >= 0.3 is 0 Å². The van der Waals surface area contributed by atoms with Crippen molar-refractivity contribution < 1.29 is 0 Å². The number of nitrogens with zero attached hydrogens (tertiary/aromatic N) is 1. The number of benzene rings is 6. The first-order valence-corrected chi connectivity index (χ1v) is 12.2. The highest BCUT2D eigenvalue weighted by Crippen LogP contribution is 2.51. The van der Waals surface area contributed by atoms with Gasteiger partial charge in [0, 0.05) is 28.4 Å². The van der Waals surface area contributed by atoms with Gasteiger partial charge in [-0.25, -0.2) is 0 Å². The fourth-order valence-corrected chi connectivity index (χ4v) is 6.62. The van der Waals surface area contributed by atoms with Crippen LogP contribution in [0, 0.1) is 0 Å². The van der Waals surface area contributed by atoms with E-state index < -0.39 is 0 Å². The number of rotatable bonds is 1. The van der Waals surface area contributed by atoms with Crippen LogP contribution in [0.5, 0.6) is 0 Å². The number of aromatic nitrogens is 1. The summed E-state index contributed by atoms with van der Waals surface area (Å²) in [6.45, 7) is 3.23. The van der Waals surface area contributed by atoms with Crippen LogP contribution in [0.4, 0.5) is 0 Å². The molecule has 1 nitrogen and oxygen atoms in total. The van der Waals surface area contributed by atoms with Gasteiger partial charge in [0.05, 0.1) is 5.52 Å². The fourth-order valence-electron chi connectivity index (χ4n) is 6.62. The van der Waals surface area contributed by atoms with Gasteiger partial charge in [0.15, 0.2) is 0 Å². The molecule has 0 saturated carbocycles. The Hall–Kier alpha value is -4.10. The molecule has 6 aromatic carbocycles. The van der Waals surface area contributed by atoms with Crippen molar-refractivity contribution in [3.63, 3.8) is 0 Å². The third-order valence-electron chi connectivity index (χ3n) is 7.96. The van der Waals surface area contributed by atoms with Gasteiger partial charge < -0.3 is 4.57 Å². The van der Waals surface area contributed by atoms with E-state index in [9.17, 15) is 0 Å². The zero-order chi connectivity index (χ0) is 22.4. The van der Waals surface area contributed by atoms with Crippen molar-refractivity contribution in [2.45, 2.75) is 19.9 Å². The molecule has 0 unspecified atom stereocenters. The molecule has 8 rings (SSSR count). The summed E-state index contributed by atoms with van der Waals surface area (Å²) in [5, 5.41) is 10.9. The average molecular weight is 434 g/mol. The summed E-state index contributed by atoms with van der Waals surface area (Å²) in [5.74, 6) is 0. The second-order valence-electron chi connectivity index (χ2n) is 9.55. The molecule has 1 aliphatic carbocycles. The first-order chi connectivity index (χ1) is 16.8. The lowest BCUT2D eigenvalue weighted by Gasteiger charge is -2.14. The van der Waals surface area contributed by atoms with Crippen molar-refractivity contribution in [2.75, 3.05) is 0 Å².